The molecular formula is C19H23Cl2NO2. The molecule has 1 N–H and O–H groups in total. The zero-order chi connectivity index (χ0) is 17.5. The molecule has 0 saturated carbocycles. The van der Waals surface area contributed by atoms with Crippen molar-refractivity contribution in [1.82, 2.24) is 5.32 Å². The Morgan fingerprint density at radius 2 is 1.71 bits per heavy atom. The highest BCUT2D eigenvalue weighted by Gasteiger charge is 2.13. The van der Waals surface area contributed by atoms with Crippen LogP contribution in [0.5, 0.6) is 11.5 Å². The lowest BCUT2D eigenvalue weighted by molar-refractivity contribution is 0.269. The maximum absolute atomic E-state index is 6.42. The minimum absolute atomic E-state index is 0.403. The van der Waals surface area contributed by atoms with Crippen molar-refractivity contribution in [3.63, 3.8) is 0 Å². The Hall–Kier alpha value is -1.42. The van der Waals surface area contributed by atoms with Crippen molar-refractivity contribution in [2.75, 3.05) is 6.61 Å². The van der Waals surface area contributed by atoms with Crippen LogP contribution in [0.3, 0.4) is 0 Å². The number of benzene rings is 2. The lowest BCUT2D eigenvalue weighted by atomic mass is 10.2. The van der Waals surface area contributed by atoms with Crippen molar-refractivity contribution in [2.24, 2.45) is 0 Å². The smallest absolute Gasteiger partial charge is 0.180 e. The summed E-state index contributed by atoms with van der Waals surface area (Å²) in [6.07, 6.45) is 0. The summed E-state index contributed by atoms with van der Waals surface area (Å²) in [5.41, 5.74) is 2.08. The molecule has 2 aromatic carbocycles. The second kappa shape index (κ2) is 9.16. The van der Waals surface area contributed by atoms with E-state index in [-0.39, 0.29) is 0 Å². The molecule has 24 heavy (non-hydrogen) atoms. The van der Waals surface area contributed by atoms with E-state index < -0.39 is 0 Å². The van der Waals surface area contributed by atoms with Crippen molar-refractivity contribution >= 4 is 23.2 Å². The molecule has 2 rings (SSSR count). The minimum Gasteiger partial charge on any atom is -0.490 e. The molecule has 0 amide bonds. The summed E-state index contributed by atoms with van der Waals surface area (Å²) in [6.45, 7) is 7.84. The van der Waals surface area contributed by atoms with Crippen molar-refractivity contribution in [1.29, 1.82) is 0 Å². The van der Waals surface area contributed by atoms with Gasteiger partial charge in [-0.25, -0.2) is 0 Å². The minimum atomic E-state index is 0.403. The van der Waals surface area contributed by atoms with Gasteiger partial charge in [-0.3, -0.25) is 0 Å². The molecule has 0 radical (unpaired) electrons. The normalized spacial score (nSPS) is 10.9. The van der Waals surface area contributed by atoms with Crippen molar-refractivity contribution in [3.05, 3.63) is 57.6 Å². The molecule has 0 unspecified atom stereocenters. The largest absolute Gasteiger partial charge is 0.490 e. The molecule has 0 atom stereocenters. The summed E-state index contributed by atoms with van der Waals surface area (Å²) < 4.78 is 11.6. The van der Waals surface area contributed by atoms with E-state index in [4.69, 9.17) is 32.7 Å². The number of ether oxygens (including phenoxy) is 2. The van der Waals surface area contributed by atoms with Gasteiger partial charge in [-0.15, -0.1) is 0 Å². The van der Waals surface area contributed by atoms with Crippen molar-refractivity contribution in [3.8, 4) is 11.5 Å². The molecule has 3 nitrogen and oxygen atoms in total. The summed E-state index contributed by atoms with van der Waals surface area (Å²) in [5, 5.41) is 4.63. The molecule has 0 aromatic heterocycles. The Kier molecular flexibility index (Phi) is 7.22. The maximum atomic E-state index is 6.42. The lowest BCUT2D eigenvalue weighted by Gasteiger charge is -2.16. The van der Waals surface area contributed by atoms with Gasteiger partial charge in [0.05, 0.1) is 11.6 Å². The van der Waals surface area contributed by atoms with Gasteiger partial charge in [0, 0.05) is 17.6 Å². The Labute approximate surface area is 153 Å². The second-order valence-corrected chi connectivity index (χ2v) is 6.63. The zero-order valence-corrected chi connectivity index (χ0v) is 15.7. The fourth-order valence-electron chi connectivity index (χ4n) is 2.18. The van der Waals surface area contributed by atoms with Gasteiger partial charge >= 0.3 is 0 Å². The van der Waals surface area contributed by atoms with Crippen molar-refractivity contribution < 1.29 is 9.47 Å². The number of hydrogen-bond donors (Lipinski definition) is 1. The first-order valence-electron chi connectivity index (χ1n) is 8.05. The SMILES string of the molecule is CCOc1cc(CNC(C)C)cc(Cl)c1OCc1ccc(Cl)cc1. The predicted octanol–water partition coefficient (Wildman–Crippen LogP) is 5.47. The van der Waals surface area contributed by atoms with E-state index in [2.05, 4.69) is 19.2 Å². The van der Waals surface area contributed by atoms with E-state index in [0.717, 1.165) is 17.7 Å². The van der Waals surface area contributed by atoms with Crippen LogP contribution < -0.4 is 14.8 Å². The third-order valence-corrected chi connectivity index (χ3v) is 3.91. The summed E-state index contributed by atoms with van der Waals surface area (Å²) >= 11 is 12.3. The van der Waals surface area contributed by atoms with Crippen LogP contribution in [0.15, 0.2) is 36.4 Å². The topological polar surface area (TPSA) is 30.5 Å². The third kappa shape index (κ3) is 5.59. The number of hydrogen-bond acceptors (Lipinski definition) is 3. The number of halogens is 2. The Bertz CT molecular complexity index is 657. The Morgan fingerprint density at radius 3 is 2.33 bits per heavy atom. The summed E-state index contributed by atoms with van der Waals surface area (Å²) in [7, 11) is 0. The fraction of sp³-hybridized carbons (Fsp3) is 0.368. The quantitative estimate of drug-likeness (QED) is 0.670. The molecule has 0 aliphatic carbocycles. The molecule has 0 fully saturated rings. The van der Waals surface area contributed by atoms with E-state index in [0.29, 0.717) is 40.8 Å². The van der Waals surface area contributed by atoms with Crippen LogP contribution in [0.25, 0.3) is 0 Å². The molecule has 0 aliphatic heterocycles. The second-order valence-electron chi connectivity index (χ2n) is 5.79. The first-order chi connectivity index (χ1) is 11.5. The summed E-state index contributed by atoms with van der Waals surface area (Å²) in [6, 6.07) is 11.8. The molecule has 130 valence electrons. The fourth-order valence-corrected chi connectivity index (χ4v) is 2.60. The van der Waals surface area contributed by atoms with Crippen molar-refractivity contribution in [2.45, 2.75) is 40.0 Å². The monoisotopic (exact) mass is 367 g/mol. The summed E-state index contributed by atoms with van der Waals surface area (Å²) in [5.74, 6) is 1.24. The van der Waals surface area contributed by atoms with Crippen LogP contribution in [-0.2, 0) is 13.2 Å². The van der Waals surface area contributed by atoms with Crippen LogP contribution in [0.2, 0.25) is 10.0 Å². The molecule has 0 aliphatic rings. The van der Waals surface area contributed by atoms with Gasteiger partial charge in [-0.05, 0) is 42.3 Å². The Balaban J connectivity index is 2.16. The summed E-state index contributed by atoms with van der Waals surface area (Å²) in [4.78, 5) is 0. The number of rotatable bonds is 8. The van der Waals surface area contributed by atoms with Gasteiger partial charge < -0.3 is 14.8 Å². The van der Waals surface area contributed by atoms with E-state index in [1.54, 1.807) is 0 Å². The van der Waals surface area contributed by atoms with Gasteiger partial charge in [-0.1, -0.05) is 49.2 Å². The van der Waals surface area contributed by atoms with Gasteiger partial charge in [-0.2, -0.15) is 0 Å². The standard InChI is InChI=1S/C19H23Cl2NO2/c1-4-23-18-10-15(11-22-13(2)3)9-17(21)19(18)24-12-14-5-7-16(20)8-6-14/h5-10,13,22H,4,11-12H2,1-3H3. The van der Waals surface area contributed by atoms with Gasteiger partial charge in [0.25, 0.3) is 0 Å². The molecular weight excluding hydrogens is 345 g/mol. The van der Waals surface area contributed by atoms with Crippen LogP contribution in [0.4, 0.5) is 0 Å². The molecule has 0 heterocycles. The van der Waals surface area contributed by atoms with Crippen LogP contribution >= 0.6 is 23.2 Å². The molecule has 0 bridgehead atoms. The highest BCUT2D eigenvalue weighted by Crippen LogP contribution is 2.37. The zero-order valence-electron chi connectivity index (χ0n) is 14.2. The highest BCUT2D eigenvalue weighted by molar-refractivity contribution is 6.32. The predicted molar refractivity (Wildman–Crippen MR) is 100 cm³/mol. The lowest BCUT2D eigenvalue weighted by Crippen LogP contribution is -2.21. The molecule has 2 aromatic rings. The van der Waals surface area contributed by atoms with Crippen LogP contribution in [-0.4, -0.2) is 12.6 Å². The third-order valence-electron chi connectivity index (χ3n) is 3.38. The van der Waals surface area contributed by atoms with E-state index in [1.807, 2.05) is 43.3 Å². The van der Waals surface area contributed by atoms with E-state index in [1.165, 1.54) is 0 Å². The Morgan fingerprint density at radius 1 is 1.00 bits per heavy atom. The van der Waals surface area contributed by atoms with E-state index >= 15 is 0 Å². The van der Waals surface area contributed by atoms with Gasteiger partial charge in [0.1, 0.15) is 6.61 Å². The molecule has 0 spiro atoms. The molecule has 5 heteroatoms. The highest BCUT2D eigenvalue weighted by atomic mass is 35.5. The van der Waals surface area contributed by atoms with Gasteiger partial charge in [0.15, 0.2) is 11.5 Å². The van der Waals surface area contributed by atoms with Crippen LogP contribution in [0, 0.1) is 0 Å². The molecule has 0 saturated heterocycles. The maximum Gasteiger partial charge on any atom is 0.180 e. The average molecular weight is 368 g/mol. The first-order valence-corrected chi connectivity index (χ1v) is 8.81. The number of nitrogens with one attached hydrogen (secondary N) is 1. The van der Waals surface area contributed by atoms with Gasteiger partial charge in [0.2, 0.25) is 0 Å². The average Bonchev–Trinajstić information content (AvgIpc) is 2.54. The first kappa shape index (κ1) is 18.9. The van der Waals surface area contributed by atoms with Crippen LogP contribution in [0.1, 0.15) is 31.9 Å². The van der Waals surface area contributed by atoms with E-state index in [9.17, 15) is 0 Å².